The highest BCUT2D eigenvalue weighted by molar-refractivity contribution is 4.97. The summed E-state index contributed by atoms with van der Waals surface area (Å²) in [6, 6.07) is 0.745. The van der Waals surface area contributed by atoms with Crippen LogP contribution in [0.1, 0.15) is 25.7 Å². The molecule has 0 atom stereocenters. The molecule has 0 aromatic carbocycles. The van der Waals surface area contributed by atoms with Crippen molar-refractivity contribution in [2.45, 2.75) is 31.7 Å². The van der Waals surface area contributed by atoms with E-state index in [0.29, 0.717) is 0 Å². The summed E-state index contributed by atoms with van der Waals surface area (Å²) in [6.45, 7) is 3.67. The summed E-state index contributed by atoms with van der Waals surface area (Å²) < 4.78 is 0. The maximum Gasteiger partial charge on any atom is 0.0136 e. The van der Waals surface area contributed by atoms with Crippen LogP contribution in [0.4, 0.5) is 0 Å². The largest absolute Gasteiger partial charge is 0.317 e. The molecule has 0 aromatic rings. The summed E-state index contributed by atoms with van der Waals surface area (Å²) in [5, 5.41) is 7.06. The van der Waals surface area contributed by atoms with Gasteiger partial charge in [-0.1, -0.05) is 12.2 Å². The summed E-state index contributed by atoms with van der Waals surface area (Å²) in [4.78, 5) is 0. The van der Waals surface area contributed by atoms with Gasteiger partial charge in [-0.15, -0.1) is 0 Å². The molecule has 1 aliphatic heterocycles. The minimum atomic E-state index is 0.745. The third-order valence-corrected chi connectivity index (χ3v) is 3.16. The molecule has 0 saturated carbocycles. The first kappa shape index (κ1) is 9.22. The Morgan fingerprint density at radius 2 is 1.85 bits per heavy atom. The second-order valence-electron chi connectivity index (χ2n) is 4.24. The lowest BCUT2D eigenvalue weighted by molar-refractivity contribution is 0.342. The molecular formula is C11H20N2. The van der Waals surface area contributed by atoms with Crippen LogP contribution in [0, 0.1) is 5.92 Å². The van der Waals surface area contributed by atoms with Crippen LogP contribution < -0.4 is 10.6 Å². The van der Waals surface area contributed by atoms with Crippen molar-refractivity contribution in [2.75, 3.05) is 19.6 Å². The van der Waals surface area contributed by atoms with E-state index in [1.807, 2.05) is 0 Å². The first-order valence-corrected chi connectivity index (χ1v) is 5.54. The van der Waals surface area contributed by atoms with Crippen molar-refractivity contribution in [1.82, 2.24) is 10.6 Å². The van der Waals surface area contributed by atoms with E-state index in [1.54, 1.807) is 0 Å². The Bertz CT molecular complexity index is 163. The molecule has 0 unspecified atom stereocenters. The van der Waals surface area contributed by atoms with Gasteiger partial charge in [-0.2, -0.15) is 0 Å². The summed E-state index contributed by atoms with van der Waals surface area (Å²) in [5.74, 6) is 0.918. The minimum absolute atomic E-state index is 0.745. The summed E-state index contributed by atoms with van der Waals surface area (Å²) in [7, 11) is 0. The molecule has 74 valence electrons. The summed E-state index contributed by atoms with van der Waals surface area (Å²) in [6.07, 6.45) is 9.77. The quantitative estimate of drug-likeness (QED) is 0.640. The molecule has 1 aliphatic carbocycles. The predicted molar refractivity (Wildman–Crippen MR) is 55.8 cm³/mol. The summed E-state index contributed by atoms with van der Waals surface area (Å²) in [5.41, 5.74) is 0. The predicted octanol–water partition coefficient (Wildman–Crippen LogP) is 1.29. The van der Waals surface area contributed by atoms with E-state index in [2.05, 4.69) is 22.8 Å². The Hall–Kier alpha value is -0.340. The molecule has 1 saturated heterocycles. The smallest absolute Gasteiger partial charge is 0.0136 e. The second kappa shape index (κ2) is 4.77. The van der Waals surface area contributed by atoms with Crippen molar-refractivity contribution in [3.05, 3.63) is 12.2 Å². The number of hydrogen-bond acceptors (Lipinski definition) is 2. The van der Waals surface area contributed by atoms with Crippen molar-refractivity contribution in [3.63, 3.8) is 0 Å². The molecule has 2 rings (SSSR count). The molecule has 1 fully saturated rings. The van der Waals surface area contributed by atoms with Crippen LogP contribution in [0.3, 0.4) is 0 Å². The molecule has 0 aromatic heterocycles. The fourth-order valence-corrected chi connectivity index (χ4v) is 2.20. The topological polar surface area (TPSA) is 24.1 Å². The zero-order valence-electron chi connectivity index (χ0n) is 8.26. The molecule has 0 bridgehead atoms. The van der Waals surface area contributed by atoms with Crippen LogP contribution in [-0.4, -0.2) is 25.7 Å². The first-order chi connectivity index (χ1) is 6.45. The van der Waals surface area contributed by atoms with Crippen molar-refractivity contribution in [1.29, 1.82) is 0 Å². The molecule has 0 spiro atoms. The molecule has 0 radical (unpaired) electrons. The van der Waals surface area contributed by atoms with Crippen LogP contribution in [0.15, 0.2) is 12.2 Å². The highest BCUT2D eigenvalue weighted by Crippen LogP contribution is 2.13. The van der Waals surface area contributed by atoms with Gasteiger partial charge in [0.2, 0.25) is 0 Å². The first-order valence-electron chi connectivity index (χ1n) is 5.54. The van der Waals surface area contributed by atoms with Gasteiger partial charge in [0.1, 0.15) is 0 Å². The molecule has 0 amide bonds. The fourth-order valence-electron chi connectivity index (χ4n) is 2.20. The van der Waals surface area contributed by atoms with E-state index in [4.69, 9.17) is 0 Å². The van der Waals surface area contributed by atoms with E-state index in [9.17, 15) is 0 Å². The van der Waals surface area contributed by atoms with Crippen LogP contribution in [0.5, 0.6) is 0 Å². The number of piperidine rings is 1. The minimum Gasteiger partial charge on any atom is -0.317 e. The van der Waals surface area contributed by atoms with Crippen LogP contribution in [0.2, 0.25) is 0 Å². The Balaban J connectivity index is 1.61. The lowest BCUT2D eigenvalue weighted by Crippen LogP contribution is -2.37. The van der Waals surface area contributed by atoms with Gasteiger partial charge in [0.25, 0.3) is 0 Å². The van der Waals surface area contributed by atoms with Gasteiger partial charge < -0.3 is 10.6 Å². The van der Waals surface area contributed by atoms with Crippen LogP contribution in [0.25, 0.3) is 0 Å². The Labute approximate surface area is 80.8 Å². The molecule has 13 heavy (non-hydrogen) atoms. The van der Waals surface area contributed by atoms with Crippen molar-refractivity contribution in [2.24, 2.45) is 5.92 Å². The average molecular weight is 180 g/mol. The third kappa shape index (κ3) is 2.82. The van der Waals surface area contributed by atoms with Gasteiger partial charge in [-0.3, -0.25) is 0 Å². The maximum atomic E-state index is 3.66. The zero-order valence-corrected chi connectivity index (χ0v) is 8.26. The van der Waals surface area contributed by atoms with Crippen molar-refractivity contribution in [3.8, 4) is 0 Å². The molecule has 2 heteroatoms. The van der Waals surface area contributed by atoms with Crippen molar-refractivity contribution >= 4 is 0 Å². The molecular weight excluding hydrogens is 160 g/mol. The van der Waals surface area contributed by atoms with Gasteiger partial charge in [0.15, 0.2) is 0 Å². The fraction of sp³-hybridized carbons (Fsp3) is 0.818. The van der Waals surface area contributed by atoms with E-state index in [1.165, 1.54) is 45.3 Å². The van der Waals surface area contributed by atoms with Gasteiger partial charge >= 0.3 is 0 Å². The molecule has 2 N–H and O–H groups in total. The van der Waals surface area contributed by atoms with E-state index < -0.39 is 0 Å². The third-order valence-electron chi connectivity index (χ3n) is 3.16. The van der Waals surface area contributed by atoms with Crippen molar-refractivity contribution < 1.29 is 0 Å². The Morgan fingerprint density at radius 1 is 1.15 bits per heavy atom. The van der Waals surface area contributed by atoms with E-state index >= 15 is 0 Å². The lowest BCUT2D eigenvalue weighted by atomic mass is 9.98. The number of hydrogen-bond donors (Lipinski definition) is 2. The van der Waals surface area contributed by atoms with E-state index in [-0.39, 0.29) is 0 Å². The monoisotopic (exact) mass is 180 g/mol. The highest BCUT2D eigenvalue weighted by Gasteiger charge is 2.15. The number of rotatable bonds is 3. The van der Waals surface area contributed by atoms with Crippen LogP contribution >= 0.6 is 0 Å². The Morgan fingerprint density at radius 3 is 2.54 bits per heavy atom. The zero-order chi connectivity index (χ0) is 8.93. The maximum absolute atomic E-state index is 3.66. The second-order valence-corrected chi connectivity index (χ2v) is 4.24. The van der Waals surface area contributed by atoms with Gasteiger partial charge in [0, 0.05) is 6.04 Å². The molecule has 1 heterocycles. The summed E-state index contributed by atoms with van der Waals surface area (Å²) >= 11 is 0. The molecule has 2 nitrogen and oxygen atoms in total. The standard InChI is InChI=1S/C11H20N2/c1-2-4-11(3-1)13-9-10-5-7-12-8-6-10/h1-2,10-13H,3-9H2. The van der Waals surface area contributed by atoms with Crippen LogP contribution in [-0.2, 0) is 0 Å². The SMILES string of the molecule is C1=CCC(NCC2CCNCC2)C1. The van der Waals surface area contributed by atoms with Gasteiger partial charge in [-0.25, -0.2) is 0 Å². The molecule has 2 aliphatic rings. The van der Waals surface area contributed by atoms with Gasteiger partial charge in [0.05, 0.1) is 0 Å². The normalized spacial score (nSPS) is 25.5. The number of nitrogens with one attached hydrogen (secondary N) is 2. The highest BCUT2D eigenvalue weighted by atomic mass is 14.9. The van der Waals surface area contributed by atoms with E-state index in [0.717, 1.165) is 12.0 Å². The average Bonchev–Trinajstić information content (AvgIpc) is 2.69. The lowest BCUT2D eigenvalue weighted by Gasteiger charge is -2.24. The Kier molecular flexibility index (Phi) is 3.39. The van der Waals surface area contributed by atoms with Gasteiger partial charge in [-0.05, 0) is 51.2 Å².